The second-order valence-corrected chi connectivity index (χ2v) is 9.63. The van der Waals surface area contributed by atoms with Gasteiger partial charge in [-0.15, -0.1) is 0 Å². The van der Waals surface area contributed by atoms with E-state index in [4.69, 9.17) is 4.74 Å². The first-order valence-corrected chi connectivity index (χ1v) is 12.4. The van der Waals surface area contributed by atoms with Gasteiger partial charge in [-0.2, -0.15) is 5.10 Å². The molecule has 0 aliphatic carbocycles. The summed E-state index contributed by atoms with van der Waals surface area (Å²) in [5.74, 6) is -0.582. The number of piperazine rings is 1. The van der Waals surface area contributed by atoms with Crippen LogP contribution in [0.25, 0.3) is 11.1 Å². The van der Waals surface area contributed by atoms with Crippen LogP contribution >= 0.6 is 0 Å². The third-order valence-electron chi connectivity index (χ3n) is 7.16. The Morgan fingerprint density at radius 3 is 2.47 bits per heavy atom. The molecule has 0 radical (unpaired) electrons. The van der Waals surface area contributed by atoms with Crippen LogP contribution in [0.4, 0.5) is 21.5 Å². The molecule has 2 aliphatic heterocycles. The van der Waals surface area contributed by atoms with Gasteiger partial charge in [0.05, 0.1) is 36.3 Å². The van der Waals surface area contributed by atoms with Gasteiger partial charge in [-0.3, -0.25) is 9.48 Å². The van der Waals surface area contributed by atoms with Crippen molar-refractivity contribution in [1.82, 2.24) is 14.7 Å². The van der Waals surface area contributed by atoms with E-state index in [1.165, 1.54) is 6.20 Å². The molecule has 0 saturated carbocycles. The number of likely N-dealkylation sites (N-methyl/N-ethyl adjacent to an activating group) is 1. The van der Waals surface area contributed by atoms with Gasteiger partial charge in [-0.1, -0.05) is 12.1 Å². The Bertz CT molecular complexity index is 1220. The molecule has 9 heteroatoms. The molecule has 190 valence electrons. The lowest BCUT2D eigenvalue weighted by Crippen LogP contribution is -2.50. The Hall–Kier alpha value is -3.43. The van der Waals surface area contributed by atoms with Crippen LogP contribution in [0.3, 0.4) is 0 Å². The van der Waals surface area contributed by atoms with E-state index in [2.05, 4.69) is 39.1 Å². The number of hydrogen-bond acceptors (Lipinski definition) is 6. The van der Waals surface area contributed by atoms with E-state index in [0.717, 1.165) is 44.0 Å². The molecule has 2 aliphatic rings. The molecule has 0 bridgehead atoms. The third kappa shape index (κ3) is 5.08. The van der Waals surface area contributed by atoms with Gasteiger partial charge in [-0.25, -0.2) is 4.39 Å². The topological polar surface area (TPSA) is 65.9 Å². The zero-order chi connectivity index (χ0) is 25.2. The zero-order valence-corrected chi connectivity index (χ0v) is 21.1. The molecule has 1 atom stereocenters. The van der Waals surface area contributed by atoms with Gasteiger partial charge in [-0.05, 0) is 43.8 Å². The van der Waals surface area contributed by atoms with Crippen LogP contribution in [0.15, 0.2) is 48.8 Å². The van der Waals surface area contributed by atoms with E-state index in [0.29, 0.717) is 41.8 Å². The number of nitrogens with zero attached hydrogens (tertiary/aromatic N) is 5. The van der Waals surface area contributed by atoms with Crippen molar-refractivity contribution in [3.63, 3.8) is 0 Å². The minimum atomic E-state index is -0.310. The van der Waals surface area contributed by atoms with E-state index in [9.17, 15) is 4.79 Å². The molecule has 36 heavy (non-hydrogen) atoms. The first kappa shape index (κ1) is 24.3. The van der Waals surface area contributed by atoms with Crippen molar-refractivity contribution in [2.24, 2.45) is 7.05 Å². The highest BCUT2D eigenvalue weighted by Gasteiger charge is 2.25. The highest BCUT2D eigenvalue weighted by Crippen LogP contribution is 2.36. The Morgan fingerprint density at radius 2 is 1.81 bits per heavy atom. The molecule has 0 spiro atoms. The summed E-state index contributed by atoms with van der Waals surface area (Å²) in [6.45, 7) is 7.63. The number of carbonyl (C=O) groups excluding carboxylic acids is 1. The predicted octanol–water partition coefficient (Wildman–Crippen LogP) is 3.46. The van der Waals surface area contributed by atoms with Crippen molar-refractivity contribution < 1.29 is 13.9 Å². The molecule has 2 aromatic carbocycles. The molecule has 1 aromatic heterocycles. The predicted molar refractivity (Wildman–Crippen MR) is 140 cm³/mol. The molecule has 0 unspecified atom stereocenters. The van der Waals surface area contributed by atoms with Gasteiger partial charge in [0.1, 0.15) is 5.82 Å². The van der Waals surface area contributed by atoms with Crippen molar-refractivity contribution >= 4 is 23.0 Å². The second kappa shape index (κ2) is 10.3. The van der Waals surface area contributed by atoms with Gasteiger partial charge >= 0.3 is 0 Å². The molecular formula is C27H33FN6O2. The van der Waals surface area contributed by atoms with Gasteiger partial charge in [0, 0.05) is 63.3 Å². The van der Waals surface area contributed by atoms with Crippen molar-refractivity contribution in [3.05, 3.63) is 60.2 Å². The number of rotatable bonds is 5. The summed E-state index contributed by atoms with van der Waals surface area (Å²) in [6, 6.07) is 11.5. The summed E-state index contributed by atoms with van der Waals surface area (Å²) < 4.78 is 22.6. The maximum atomic E-state index is 15.6. The number of hydrogen-bond donors (Lipinski definition) is 1. The van der Waals surface area contributed by atoms with E-state index >= 15 is 4.39 Å². The van der Waals surface area contributed by atoms with Crippen molar-refractivity contribution in [1.29, 1.82) is 0 Å². The van der Waals surface area contributed by atoms with E-state index in [-0.39, 0.29) is 11.7 Å². The number of ether oxygens (including phenoxy) is 1. The maximum absolute atomic E-state index is 15.6. The van der Waals surface area contributed by atoms with Crippen molar-refractivity contribution in [2.75, 3.05) is 68.1 Å². The molecule has 5 rings (SSSR count). The molecule has 8 nitrogen and oxygen atoms in total. The summed E-state index contributed by atoms with van der Waals surface area (Å²) >= 11 is 0. The van der Waals surface area contributed by atoms with E-state index < -0.39 is 0 Å². The van der Waals surface area contributed by atoms with Gasteiger partial charge in [0.2, 0.25) is 0 Å². The zero-order valence-electron chi connectivity index (χ0n) is 21.1. The minimum Gasteiger partial charge on any atom is -0.378 e. The molecular weight excluding hydrogens is 459 g/mol. The smallest absolute Gasteiger partial charge is 0.258 e. The fraction of sp³-hybridized carbons (Fsp3) is 0.407. The number of aryl methyl sites for hydroxylation is 1. The average Bonchev–Trinajstić information content (AvgIpc) is 3.33. The number of carbonyl (C=O) groups is 1. The first-order chi connectivity index (χ1) is 17.4. The molecule has 1 N–H and O–H groups in total. The monoisotopic (exact) mass is 492 g/mol. The number of amides is 1. The fourth-order valence-electron chi connectivity index (χ4n) is 4.82. The minimum absolute atomic E-state index is 0.272. The fourth-order valence-corrected chi connectivity index (χ4v) is 4.82. The average molecular weight is 493 g/mol. The standard InChI is InChI=1S/C27H33FN6O2/c1-19-17-34(9-8-31(19)2)26-15-24(28)23(14-25(26)30-27(35)21-16-29-32(3)18-21)20-4-6-22(7-5-20)33-10-12-36-13-11-33/h4-7,14-16,18-19H,8-13,17H2,1-3H3,(H,30,35)/t19-/m1/s1. The van der Waals surface area contributed by atoms with Crippen LogP contribution in [-0.2, 0) is 11.8 Å². The van der Waals surface area contributed by atoms with E-state index in [1.807, 2.05) is 24.3 Å². The third-order valence-corrected chi connectivity index (χ3v) is 7.16. The van der Waals surface area contributed by atoms with E-state index in [1.54, 1.807) is 30.1 Å². The number of morpholine rings is 1. The van der Waals surface area contributed by atoms with Gasteiger partial charge in [0.15, 0.2) is 0 Å². The van der Waals surface area contributed by atoms with Gasteiger partial charge < -0.3 is 24.8 Å². The number of aromatic nitrogens is 2. The number of anilines is 3. The Balaban J connectivity index is 1.48. The summed E-state index contributed by atoms with van der Waals surface area (Å²) in [6.07, 6.45) is 3.20. The molecule has 2 saturated heterocycles. The molecule has 3 aromatic rings. The second-order valence-electron chi connectivity index (χ2n) is 9.63. The normalized spacial score (nSPS) is 18.9. The van der Waals surface area contributed by atoms with Crippen molar-refractivity contribution in [3.8, 4) is 11.1 Å². The molecule has 1 amide bonds. The molecule has 3 heterocycles. The van der Waals surface area contributed by atoms with Crippen LogP contribution < -0.4 is 15.1 Å². The Morgan fingerprint density at radius 1 is 1.06 bits per heavy atom. The van der Waals surface area contributed by atoms with Crippen LogP contribution in [0.5, 0.6) is 0 Å². The summed E-state index contributed by atoms with van der Waals surface area (Å²) in [5, 5.41) is 7.13. The first-order valence-electron chi connectivity index (χ1n) is 12.4. The quantitative estimate of drug-likeness (QED) is 0.589. The Kier molecular flexibility index (Phi) is 6.93. The van der Waals surface area contributed by atoms with Gasteiger partial charge in [0.25, 0.3) is 5.91 Å². The maximum Gasteiger partial charge on any atom is 0.258 e. The highest BCUT2D eigenvalue weighted by molar-refractivity contribution is 6.06. The van der Waals surface area contributed by atoms with Crippen LogP contribution in [0.2, 0.25) is 0 Å². The lowest BCUT2D eigenvalue weighted by molar-refractivity contribution is 0.102. The number of halogens is 1. The van der Waals surface area contributed by atoms with Crippen LogP contribution in [0, 0.1) is 5.82 Å². The summed E-state index contributed by atoms with van der Waals surface area (Å²) in [5.41, 5.74) is 4.05. The Labute approximate surface area is 211 Å². The number of benzene rings is 2. The van der Waals surface area contributed by atoms with Crippen LogP contribution in [-0.4, -0.2) is 79.6 Å². The largest absolute Gasteiger partial charge is 0.378 e. The van der Waals surface area contributed by atoms with Crippen LogP contribution in [0.1, 0.15) is 17.3 Å². The highest BCUT2D eigenvalue weighted by atomic mass is 19.1. The molecule has 2 fully saturated rings. The summed E-state index contributed by atoms with van der Waals surface area (Å²) in [7, 11) is 3.86. The van der Waals surface area contributed by atoms with Crippen molar-refractivity contribution in [2.45, 2.75) is 13.0 Å². The SMILES string of the molecule is C[C@@H]1CN(c2cc(F)c(-c3ccc(N4CCOCC4)cc3)cc2NC(=O)c2cnn(C)c2)CCN1C. The lowest BCUT2D eigenvalue weighted by atomic mass is 10.0. The lowest BCUT2D eigenvalue weighted by Gasteiger charge is -2.39. The summed E-state index contributed by atoms with van der Waals surface area (Å²) in [4.78, 5) is 19.7. The number of nitrogens with one attached hydrogen (secondary N) is 1.